The molecule has 0 saturated heterocycles. The van der Waals surface area contributed by atoms with Crippen molar-refractivity contribution in [1.29, 1.82) is 10.5 Å². The van der Waals surface area contributed by atoms with Crippen molar-refractivity contribution in [3.05, 3.63) is 108 Å². The molecule has 2 aromatic heterocycles. The molecule has 0 aliphatic rings. The maximum atomic E-state index is 11.6. The number of carbonyl (C=O) groups is 2. The van der Waals surface area contributed by atoms with Crippen molar-refractivity contribution in [2.24, 2.45) is 0 Å². The number of carbonyl (C=O) groups excluding carboxylic acids is 2. The van der Waals surface area contributed by atoms with Gasteiger partial charge in [0.1, 0.15) is 23.8 Å². The fraction of sp³-hybridized carbons (Fsp3) is 0.188. The van der Waals surface area contributed by atoms with E-state index in [4.69, 9.17) is 20.0 Å². The van der Waals surface area contributed by atoms with Crippen LogP contribution in [0.5, 0.6) is 0 Å². The average Bonchev–Trinajstić information content (AvgIpc) is 3.60. The van der Waals surface area contributed by atoms with Crippen molar-refractivity contribution in [3.8, 4) is 23.5 Å². The summed E-state index contributed by atoms with van der Waals surface area (Å²) in [4.78, 5) is 23.2. The highest BCUT2D eigenvalue weighted by Gasteiger charge is 2.12. The molecular formula is C32H32N8O4. The van der Waals surface area contributed by atoms with Gasteiger partial charge in [0, 0.05) is 24.5 Å². The molecule has 0 amide bonds. The fourth-order valence-corrected chi connectivity index (χ4v) is 3.72. The Morgan fingerprint density at radius 1 is 0.727 bits per heavy atom. The van der Waals surface area contributed by atoms with E-state index in [0.717, 1.165) is 22.8 Å². The number of hydrogen-bond acceptors (Lipinski definition) is 10. The van der Waals surface area contributed by atoms with Crippen LogP contribution in [0.2, 0.25) is 0 Å². The van der Waals surface area contributed by atoms with E-state index in [0.29, 0.717) is 11.6 Å². The van der Waals surface area contributed by atoms with Gasteiger partial charge >= 0.3 is 11.9 Å². The third kappa shape index (κ3) is 8.93. The highest BCUT2D eigenvalue weighted by atomic mass is 16.5. The molecule has 2 heterocycles. The van der Waals surface area contributed by atoms with Gasteiger partial charge in [-0.2, -0.15) is 20.7 Å². The number of aromatic nitrogens is 4. The lowest BCUT2D eigenvalue weighted by atomic mass is 10.3. The predicted octanol–water partition coefficient (Wildman–Crippen LogP) is 5.13. The Bertz CT molecular complexity index is 1580. The first-order valence-corrected chi connectivity index (χ1v) is 13.6. The number of esters is 2. The zero-order valence-electron chi connectivity index (χ0n) is 24.8. The van der Waals surface area contributed by atoms with Crippen LogP contribution < -0.4 is 10.6 Å². The van der Waals surface area contributed by atoms with Crippen molar-refractivity contribution < 1.29 is 19.1 Å². The molecule has 4 rings (SSSR count). The van der Waals surface area contributed by atoms with E-state index < -0.39 is 11.9 Å². The van der Waals surface area contributed by atoms with Gasteiger partial charge in [-0.3, -0.25) is 0 Å². The molecule has 0 bridgehead atoms. The molecule has 4 aromatic rings. The van der Waals surface area contributed by atoms with Gasteiger partial charge in [0.2, 0.25) is 0 Å². The van der Waals surface area contributed by atoms with Gasteiger partial charge in [0.15, 0.2) is 11.1 Å². The summed E-state index contributed by atoms with van der Waals surface area (Å²) in [6.07, 6.45) is 2.65. The maximum absolute atomic E-state index is 11.6. The minimum Gasteiger partial charge on any atom is -0.462 e. The van der Waals surface area contributed by atoms with Gasteiger partial charge in [-0.15, -0.1) is 0 Å². The number of nitriles is 2. The van der Waals surface area contributed by atoms with Crippen molar-refractivity contribution in [1.82, 2.24) is 19.6 Å². The van der Waals surface area contributed by atoms with E-state index in [1.165, 1.54) is 12.4 Å². The molecule has 0 aliphatic carbocycles. The van der Waals surface area contributed by atoms with Gasteiger partial charge in [-0.05, 0) is 52.0 Å². The average molecular weight is 593 g/mol. The van der Waals surface area contributed by atoms with Crippen LogP contribution in [0.25, 0.3) is 11.4 Å². The number of aryl methyl sites for hydroxylation is 2. The number of benzene rings is 2. The molecule has 12 heteroatoms. The topological polar surface area (TPSA) is 160 Å². The van der Waals surface area contributed by atoms with Crippen LogP contribution in [0.4, 0.5) is 11.6 Å². The van der Waals surface area contributed by atoms with E-state index >= 15 is 0 Å². The summed E-state index contributed by atoms with van der Waals surface area (Å²) in [5, 5.41) is 32.7. The van der Waals surface area contributed by atoms with Crippen LogP contribution in [0, 0.1) is 36.5 Å². The zero-order valence-corrected chi connectivity index (χ0v) is 24.8. The monoisotopic (exact) mass is 592 g/mol. The Morgan fingerprint density at radius 2 is 1.09 bits per heavy atom. The Morgan fingerprint density at radius 3 is 1.41 bits per heavy atom. The van der Waals surface area contributed by atoms with E-state index in [1.807, 2.05) is 98.8 Å². The first-order chi connectivity index (χ1) is 21.3. The lowest BCUT2D eigenvalue weighted by molar-refractivity contribution is -0.138. The molecule has 0 fully saturated rings. The summed E-state index contributed by atoms with van der Waals surface area (Å²) in [6.45, 7) is 7.55. The number of anilines is 2. The largest absolute Gasteiger partial charge is 0.462 e. The molecule has 0 atom stereocenters. The summed E-state index contributed by atoms with van der Waals surface area (Å²) in [7, 11) is 0. The van der Waals surface area contributed by atoms with Crippen LogP contribution in [0.3, 0.4) is 0 Å². The minimum absolute atomic E-state index is 0.0969. The summed E-state index contributed by atoms with van der Waals surface area (Å²) < 4.78 is 13.0. The summed E-state index contributed by atoms with van der Waals surface area (Å²) in [5.74, 6) is 0.00138. The number of hydrogen-bond donors (Lipinski definition) is 2. The second kappa shape index (κ2) is 16.3. The molecule has 44 heavy (non-hydrogen) atoms. The van der Waals surface area contributed by atoms with Gasteiger partial charge in [0.05, 0.1) is 36.0 Å². The Labute approximate surface area is 255 Å². The van der Waals surface area contributed by atoms with Crippen molar-refractivity contribution in [2.75, 3.05) is 23.8 Å². The maximum Gasteiger partial charge on any atom is 0.350 e. The third-order valence-corrected chi connectivity index (χ3v) is 5.62. The van der Waals surface area contributed by atoms with Crippen LogP contribution in [0.15, 0.2) is 96.3 Å². The normalized spacial score (nSPS) is 10.9. The number of rotatable bonds is 10. The van der Waals surface area contributed by atoms with Crippen molar-refractivity contribution >= 4 is 23.6 Å². The first-order valence-electron chi connectivity index (χ1n) is 13.6. The van der Waals surface area contributed by atoms with Crippen LogP contribution in [0.1, 0.15) is 25.2 Å². The lowest BCUT2D eigenvalue weighted by Gasteiger charge is -2.07. The number of nitrogens with one attached hydrogen (secondary N) is 2. The van der Waals surface area contributed by atoms with Crippen LogP contribution in [-0.2, 0) is 19.1 Å². The number of para-hydroxylation sites is 2. The minimum atomic E-state index is -0.653. The molecule has 0 aliphatic heterocycles. The van der Waals surface area contributed by atoms with E-state index in [2.05, 4.69) is 20.8 Å². The third-order valence-electron chi connectivity index (χ3n) is 5.62. The first kappa shape index (κ1) is 32.4. The Balaban J connectivity index is 0.000000240. The summed E-state index contributed by atoms with van der Waals surface area (Å²) >= 11 is 0. The smallest absolute Gasteiger partial charge is 0.350 e. The molecule has 224 valence electrons. The second-order valence-electron chi connectivity index (χ2n) is 8.91. The van der Waals surface area contributed by atoms with E-state index in [1.54, 1.807) is 23.2 Å². The number of nitrogens with zero attached hydrogens (tertiary/aromatic N) is 6. The summed E-state index contributed by atoms with van der Waals surface area (Å²) in [6, 6.07) is 26.4. The Kier molecular flexibility index (Phi) is 12.0. The highest BCUT2D eigenvalue weighted by Crippen LogP contribution is 2.18. The van der Waals surface area contributed by atoms with Gasteiger partial charge in [0.25, 0.3) is 0 Å². The van der Waals surface area contributed by atoms with Gasteiger partial charge in [-0.1, -0.05) is 36.4 Å². The molecule has 12 nitrogen and oxygen atoms in total. The molecule has 2 N–H and O–H groups in total. The zero-order chi connectivity index (χ0) is 31.9. The second-order valence-corrected chi connectivity index (χ2v) is 8.91. The van der Waals surface area contributed by atoms with Gasteiger partial charge in [-0.25, -0.2) is 19.0 Å². The molecule has 0 radical (unpaired) electrons. The number of ether oxygens (including phenoxy) is 2. The molecule has 0 unspecified atom stereocenters. The summed E-state index contributed by atoms with van der Waals surface area (Å²) in [5.41, 5.74) is 3.19. The molecule has 0 spiro atoms. The van der Waals surface area contributed by atoms with E-state index in [-0.39, 0.29) is 24.4 Å². The Hall–Kier alpha value is -6.14. The molecular weight excluding hydrogens is 560 g/mol. The van der Waals surface area contributed by atoms with Gasteiger partial charge < -0.3 is 20.1 Å². The standard InChI is InChI=1S/2C16H16N4O2/c2*1-3-22-16(21)13(10-17)11-18-15-9-12(2)19-20(15)14-7-5-4-6-8-14/h2*4-9,11,18H,3H2,1-2H3/b2*13-11-. The SMILES string of the molecule is CCOC(=O)/C(C#N)=C\Nc1cc(C)nn1-c1ccccc1.CCOC(=O)/C(C#N)=C\Nc1cc(C)nn1-c1ccccc1. The van der Waals surface area contributed by atoms with Crippen molar-refractivity contribution in [3.63, 3.8) is 0 Å². The molecule has 2 aromatic carbocycles. The lowest BCUT2D eigenvalue weighted by Crippen LogP contribution is -2.09. The van der Waals surface area contributed by atoms with Crippen molar-refractivity contribution in [2.45, 2.75) is 27.7 Å². The van der Waals surface area contributed by atoms with Crippen LogP contribution >= 0.6 is 0 Å². The molecule has 0 saturated carbocycles. The van der Waals surface area contributed by atoms with Crippen LogP contribution in [-0.4, -0.2) is 44.7 Å². The highest BCUT2D eigenvalue weighted by molar-refractivity contribution is 5.93. The predicted molar refractivity (Wildman–Crippen MR) is 165 cm³/mol. The fourth-order valence-electron chi connectivity index (χ4n) is 3.72. The van der Waals surface area contributed by atoms with E-state index in [9.17, 15) is 9.59 Å². The quantitative estimate of drug-likeness (QED) is 0.144.